The number of aromatic amines is 1. The van der Waals surface area contributed by atoms with Gasteiger partial charge in [-0.1, -0.05) is 0 Å². The van der Waals surface area contributed by atoms with Crippen molar-refractivity contribution in [3.63, 3.8) is 0 Å². The molecule has 144 valence electrons. The van der Waals surface area contributed by atoms with E-state index in [0.717, 1.165) is 16.5 Å². The van der Waals surface area contributed by atoms with Gasteiger partial charge < -0.3 is 0 Å². The second kappa shape index (κ2) is 11.0. The number of nitrogens with one attached hydrogen (secondary N) is 1. The van der Waals surface area contributed by atoms with Crippen LogP contribution in [0.2, 0.25) is 13.3 Å². The van der Waals surface area contributed by atoms with Crippen molar-refractivity contribution in [1.82, 2.24) is 4.98 Å². The average molecular weight is 464 g/mol. The summed E-state index contributed by atoms with van der Waals surface area (Å²) in [6.07, 6.45) is 9.57. The summed E-state index contributed by atoms with van der Waals surface area (Å²) in [7, 11) is 0. The van der Waals surface area contributed by atoms with Crippen molar-refractivity contribution in [1.29, 1.82) is 0 Å². The Morgan fingerprint density at radius 3 is 2.12 bits per heavy atom. The van der Waals surface area contributed by atoms with Gasteiger partial charge in [-0.15, -0.1) is 0 Å². The number of fused-ring (bicyclic) bond motifs is 1. The molecule has 0 spiro atoms. The van der Waals surface area contributed by atoms with Gasteiger partial charge >= 0.3 is 164 Å². The van der Waals surface area contributed by atoms with Gasteiger partial charge in [-0.25, -0.2) is 0 Å². The first kappa shape index (κ1) is 21.3. The van der Waals surface area contributed by atoms with Crippen molar-refractivity contribution in [3.05, 3.63) is 36.0 Å². The minimum atomic E-state index is -2.86. The Kier molecular flexibility index (Phi) is 9.03. The van der Waals surface area contributed by atoms with Crippen molar-refractivity contribution in [3.8, 4) is 0 Å². The monoisotopic (exact) mass is 465 g/mol. The van der Waals surface area contributed by atoms with E-state index < -0.39 is 18.8 Å². The summed E-state index contributed by atoms with van der Waals surface area (Å²) < 4.78 is 10.0. The van der Waals surface area contributed by atoms with Crippen molar-refractivity contribution < 1.29 is 7.87 Å². The number of benzene rings is 1. The van der Waals surface area contributed by atoms with Gasteiger partial charge in [-0.3, -0.25) is 0 Å². The third-order valence-electron chi connectivity index (χ3n) is 5.30. The van der Waals surface area contributed by atoms with Crippen molar-refractivity contribution >= 4 is 35.7 Å². The van der Waals surface area contributed by atoms with Gasteiger partial charge in [0.2, 0.25) is 0 Å². The van der Waals surface area contributed by atoms with Gasteiger partial charge in [0.15, 0.2) is 0 Å². The molecule has 0 atom stereocenters. The Balaban J connectivity index is 2.12. The number of para-hydroxylation sites is 1. The topological polar surface area (TPSA) is 42.1 Å². The van der Waals surface area contributed by atoms with E-state index in [1.807, 2.05) is 18.3 Å². The molecular formula is C22H35NO2Sn. The summed E-state index contributed by atoms with van der Waals surface area (Å²) in [6.45, 7) is 6.72. The molecule has 0 bridgehead atoms. The van der Waals surface area contributed by atoms with Gasteiger partial charge in [0.25, 0.3) is 0 Å². The molecule has 4 heteroatoms. The fourth-order valence-electron chi connectivity index (χ4n) is 3.74. The Labute approximate surface area is 163 Å². The second-order valence-corrected chi connectivity index (χ2v) is 19.1. The number of carbonyl (C=O) groups excluding carboxylic acids is 1. The summed E-state index contributed by atoms with van der Waals surface area (Å²) >= 11 is -2.86. The molecule has 1 aromatic carbocycles. The molecule has 2 aromatic rings. The zero-order chi connectivity index (χ0) is 18.8. The zero-order valence-corrected chi connectivity index (χ0v) is 19.6. The molecule has 0 saturated carbocycles. The van der Waals surface area contributed by atoms with Crippen LogP contribution in [0.1, 0.15) is 64.9 Å². The summed E-state index contributed by atoms with van der Waals surface area (Å²) in [5, 5.41) is 1.14. The third kappa shape index (κ3) is 6.04. The van der Waals surface area contributed by atoms with E-state index in [9.17, 15) is 4.79 Å². The Hall–Kier alpha value is -0.971. The van der Waals surface area contributed by atoms with Gasteiger partial charge in [0.05, 0.1) is 0 Å². The van der Waals surface area contributed by atoms with E-state index >= 15 is 0 Å². The van der Waals surface area contributed by atoms with Gasteiger partial charge in [-0.05, 0) is 0 Å². The molecule has 26 heavy (non-hydrogen) atoms. The fourth-order valence-corrected chi connectivity index (χ4v) is 16.9. The van der Waals surface area contributed by atoms with Gasteiger partial charge in [0, 0.05) is 0 Å². The van der Waals surface area contributed by atoms with Crippen LogP contribution in [0.4, 0.5) is 0 Å². The van der Waals surface area contributed by atoms with Crippen LogP contribution < -0.4 is 0 Å². The molecule has 0 unspecified atom stereocenters. The Morgan fingerprint density at radius 2 is 1.54 bits per heavy atom. The van der Waals surface area contributed by atoms with E-state index in [2.05, 4.69) is 37.9 Å². The number of H-pyrrole nitrogens is 1. The molecule has 2 rings (SSSR count). The number of hydrogen-bond donors (Lipinski definition) is 1. The summed E-state index contributed by atoms with van der Waals surface area (Å²) in [5.74, 6) is 0.00821. The SMILES string of the molecule is CCC[CH2][Sn]([CH2]CCC)([CH2]CCC)[O]C(=O)Cc1c[nH]c2ccccc12. The van der Waals surface area contributed by atoms with E-state index in [4.69, 9.17) is 3.07 Å². The standard InChI is InChI=1S/C10H9NO2.3C4H9.Sn/c12-10(13)5-7-6-11-9-4-2-1-3-8(7)9;3*1-3-4-2;/h1-4,6,11H,5H2,(H,12,13);3*1,3-4H2,2H3;/q;;;;+1/p-1. The molecule has 3 nitrogen and oxygen atoms in total. The molecule has 0 aliphatic heterocycles. The third-order valence-corrected chi connectivity index (χ3v) is 18.0. The molecule has 1 N–H and O–H groups in total. The number of rotatable bonds is 12. The van der Waals surface area contributed by atoms with Crippen LogP contribution in [0.5, 0.6) is 0 Å². The predicted molar refractivity (Wildman–Crippen MR) is 113 cm³/mol. The van der Waals surface area contributed by atoms with E-state index in [1.54, 1.807) is 0 Å². The molecule has 0 aliphatic carbocycles. The zero-order valence-electron chi connectivity index (χ0n) is 16.8. The van der Waals surface area contributed by atoms with Crippen LogP contribution >= 0.6 is 0 Å². The maximum absolute atomic E-state index is 12.9. The van der Waals surface area contributed by atoms with Crippen LogP contribution in [-0.4, -0.2) is 29.7 Å². The van der Waals surface area contributed by atoms with Crippen LogP contribution in [0.3, 0.4) is 0 Å². The Bertz CT molecular complexity index is 658. The van der Waals surface area contributed by atoms with Crippen molar-refractivity contribution in [2.24, 2.45) is 0 Å². The number of hydrogen-bond acceptors (Lipinski definition) is 2. The molecule has 0 amide bonds. The number of aromatic nitrogens is 1. The second-order valence-electron chi connectivity index (χ2n) is 7.50. The molecular weight excluding hydrogens is 429 g/mol. The average Bonchev–Trinajstić information content (AvgIpc) is 3.05. The van der Waals surface area contributed by atoms with Crippen LogP contribution in [0.15, 0.2) is 30.5 Å². The van der Waals surface area contributed by atoms with Crippen molar-refractivity contribution in [2.45, 2.75) is 79.0 Å². The van der Waals surface area contributed by atoms with Crippen molar-refractivity contribution in [2.75, 3.05) is 0 Å². The van der Waals surface area contributed by atoms with Gasteiger partial charge in [0.1, 0.15) is 0 Å². The van der Waals surface area contributed by atoms with E-state index in [-0.39, 0.29) is 5.97 Å². The first-order chi connectivity index (χ1) is 12.6. The Morgan fingerprint density at radius 1 is 0.962 bits per heavy atom. The molecule has 1 heterocycles. The molecule has 0 saturated heterocycles. The molecule has 0 radical (unpaired) electrons. The normalized spacial score (nSPS) is 11.8. The first-order valence-electron chi connectivity index (χ1n) is 10.4. The summed E-state index contributed by atoms with van der Waals surface area (Å²) in [5.41, 5.74) is 2.15. The number of carbonyl (C=O) groups is 1. The predicted octanol–water partition coefficient (Wildman–Crippen LogP) is 6.60. The molecule has 0 aliphatic rings. The molecule has 0 fully saturated rings. The summed E-state index contributed by atoms with van der Waals surface area (Å²) in [4.78, 5) is 16.1. The van der Waals surface area contributed by atoms with E-state index in [0.29, 0.717) is 6.42 Å². The first-order valence-corrected chi connectivity index (χ1v) is 17.6. The molecule has 1 aromatic heterocycles. The van der Waals surface area contributed by atoms with Crippen LogP contribution in [-0.2, 0) is 14.3 Å². The van der Waals surface area contributed by atoms with Crippen LogP contribution in [0.25, 0.3) is 10.9 Å². The fraction of sp³-hybridized carbons (Fsp3) is 0.591. The maximum atomic E-state index is 12.9. The summed E-state index contributed by atoms with van der Waals surface area (Å²) in [6, 6.07) is 8.18. The van der Waals surface area contributed by atoms with Gasteiger partial charge in [-0.2, -0.15) is 0 Å². The number of unbranched alkanes of at least 4 members (excludes halogenated alkanes) is 3. The van der Waals surface area contributed by atoms with E-state index in [1.165, 1.54) is 51.8 Å². The van der Waals surface area contributed by atoms with Crippen LogP contribution in [0, 0.1) is 0 Å². The quantitative estimate of drug-likeness (QED) is 0.360. The minimum absolute atomic E-state index is 0.00821.